The second-order valence-electron chi connectivity index (χ2n) is 0.378. The molecule has 0 N–H and O–H groups in total. The molecule has 0 aromatic rings. The van der Waals surface area contributed by atoms with E-state index < -0.39 is 0 Å². The summed E-state index contributed by atoms with van der Waals surface area (Å²) in [5.41, 5.74) is 0.696. The van der Waals surface area contributed by atoms with Crippen molar-refractivity contribution >= 4 is 43.1 Å². The minimum Gasteiger partial charge on any atom is -0.175 e. The van der Waals surface area contributed by atoms with Gasteiger partial charge in [0.25, 0.3) is 0 Å². The van der Waals surface area contributed by atoms with Gasteiger partial charge >= 0.3 is 0 Å². The first-order valence-corrected chi connectivity index (χ1v) is 5.84. The molecule has 0 aliphatic carbocycles. The summed E-state index contributed by atoms with van der Waals surface area (Å²) in [6, 6.07) is 0. The Kier molecular flexibility index (Phi) is 28.0. The lowest BCUT2D eigenvalue weighted by molar-refractivity contribution is 2.18. The summed E-state index contributed by atoms with van der Waals surface area (Å²) in [5.74, 6) is 0. The van der Waals surface area contributed by atoms with E-state index in [1.165, 1.54) is 6.38 Å². The van der Waals surface area contributed by atoms with Crippen LogP contribution in [-0.4, -0.2) is 20.7 Å². The molecule has 0 bridgehead atoms. The molecule has 6 heavy (non-hydrogen) atoms. The highest BCUT2D eigenvalue weighted by Gasteiger charge is 1.64. The van der Waals surface area contributed by atoms with Gasteiger partial charge in [0, 0.05) is 11.9 Å². The maximum atomic E-state index is 5.19. The number of hydrogen-bond acceptors (Lipinski definition) is 0. The first-order valence-electron chi connectivity index (χ1n) is 1.41. The summed E-state index contributed by atoms with van der Waals surface area (Å²) in [6.07, 6.45) is 1.47. The Bertz CT molecular complexity index is 10.8. The van der Waals surface area contributed by atoms with Crippen LogP contribution in [-0.2, 0) is 0 Å². The van der Waals surface area contributed by atoms with Crippen molar-refractivity contribution in [3.8, 4) is 0 Å². The molecule has 0 spiro atoms. The Morgan fingerprint density at radius 1 is 1.50 bits per heavy atom. The third kappa shape index (κ3) is 19.5. The first kappa shape index (κ1) is 10.1. The molecule has 0 rings (SSSR count). The Morgan fingerprint density at radius 3 is 1.67 bits per heavy atom. The fourth-order valence-electron chi connectivity index (χ4n) is 0. The lowest BCUT2D eigenvalue weighted by Gasteiger charge is -1.61. The van der Waals surface area contributed by atoms with Crippen LogP contribution in [0.4, 0.5) is 0 Å². The second-order valence-corrected chi connectivity index (χ2v) is 3.40. The van der Waals surface area contributed by atoms with E-state index in [4.69, 9.17) is 22.7 Å². The Morgan fingerprint density at radius 2 is 1.67 bits per heavy atom. The minimum atomic E-state index is -0.338. The van der Waals surface area contributed by atoms with Crippen LogP contribution in [0.5, 0.6) is 0 Å². The van der Waals surface area contributed by atoms with E-state index in [9.17, 15) is 0 Å². The monoisotopic (exact) mass is 164 g/mol. The molecule has 0 aromatic heterocycles. The average molecular weight is 166 g/mol. The van der Waals surface area contributed by atoms with E-state index in [0.29, 0.717) is 5.50 Å². The van der Waals surface area contributed by atoms with Gasteiger partial charge in [-0.3, -0.25) is 0 Å². The summed E-state index contributed by atoms with van der Waals surface area (Å²) >= 11 is 14.9. The zero-order chi connectivity index (χ0) is 5.41. The van der Waals surface area contributed by atoms with Gasteiger partial charge in [0.05, 0.1) is 0 Å². The molecule has 40 valence electrons. The van der Waals surface area contributed by atoms with Crippen molar-refractivity contribution in [1.29, 1.82) is 0 Å². The van der Waals surface area contributed by atoms with Gasteiger partial charge < -0.3 is 0 Å². The van der Waals surface area contributed by atoms with E-state index in [0.717, 1.165) is 0 Å². The van der Waals surface area contributed by atoms with Crippen LogP contribution in [0.3, 0.4) is 0 Å². The average Bonchev–Trinajstić information content (AvgIpc) is 1.72. The van der Waals surface area contributed by atoms with Gasteiger partial charge in [0.1, 0.15) is 8.83 Å². The summed E-state index contributed by atoms with van der Waals surface area (Å²) < 4.78 is 0. The zero-order valence-corrected chi connectivity index (χ0v) is 7.23. The molecule has 0 saturated carbocycles. The highest BCUT2D eigenvalue weighted by atomic mass is 35.6. The highest BCUT2D eigenvalue weighted by molar-refractivity contribution is 6.96. The highest BCUT2D eigenvalue weighted by Crippen LogP contribution is 1.70. The van der Waals surface area contributed by atoms with Crippen molar-refractivity contribution in [2.24, 2.45) is 0 Å². The molecule has 0 amide bonds. The summed E-state index contributed by atoms with van der Waals surface area (Å²) in [4.78, 5) is 0. The molecule has 0 atom stereocenters. The summed E-state index contributed by atoms with van der Waals surface area (Å²) in [7, 11) is -0.338. The number of rotatable bonds is 1. The third-order valence-electron chi connectivity index (χ3n) is 0.0714. The van der Waals surface area contributed by atoms with Crippen LogP contribution in [0.15, 0.2) is 0 Å². The fraction of sp³-hybridized carbons (Fsp3) is 1.00. The molecule has 0 nitrogen and oxygen atoms in total. The van der Waals surface area contributed by atoms with Gasteiger partial charge in [0.2, 0.25) is 0 Å². The third-order valence-corrected chi connectivity index (χ3v) is 1.93. The van der Waals surface area contributed by atoms with Crippen molar-refractivity contribution in [3.05, 3.63) is 0 Å². The smallest absolute Gasteiger partial charge is 0.139 e. The normalized spacial score (nSPS) is 8.00. The predicted molar refractivity (Wildman–Crippen MR) is 36.9 cm³/mol. The first-order chi connectivity index (χ1) is 2.91. The van der Waals surface area contributed by atoms with Crippen molar-refractivity contribution in [2.45, 2.75) is 0 Å². The molecule has 0 fully saturated rings. The quantitative estimate of drug-likeness (QED) is 0.313. The molecular weight excluding hydrogens is 158 g/mol. The maximum Gasteiger partial charge on any atom is 0.139 e. The van der Waals surface area contributed by atoms with Crippen LogP contribution in [0.2, 0.25) is 0 Å². The molecule has 0 saturated heterocycles. The van der Waals surface area contributed by atoms with Crippen LogP contribution in [0.25, 0.3) is 0 Å². The van der Waals surface area contributed by atoms with E-state index in [1.807, 2.05) is 0 Å². The number of halogens is 3. The van der Waals surface area contributed by atoms with Crippen molar-refractivity contribution < 1.29 is 0 Å². The lowest BCUT2D eigenvalue weighted by Crippen LogP contribution is -1.71. The fourth-order valence-corrected chi connectivity index (χ4v) is 0. The van der Waals surface area contributed by atoms with Crippen LogP contribution in [0.1, 0.15) is 0 Å². The van der Waals surface area contributed by atoms with Crippen molar-refractivity contribution in [1.82, 2.24) is 0 Å². The largest absolute Gasteiger partial charge is 0.175 e. The second kappa shape index (κ2) is 16.5. The SMILES string of the molecule is CCl.ClC[SiH2]Cl. The number of alkyl halides is 2. The molecule has 0 aliphatic heterocycles. The summed E-state index contributed by atoms with van der Waals surface area (Å²) in [5, 5.41) is 0. The van der Waals surface area contributed by atoms with Gasteiger partial charge in [-0.1, -0.05) is 0 Å². The van der Waals surface area contributed by atoms with E-state index in [1.54, 1.807) is 0 Å². The Hall–Kier alpha value is 1.09. The van der Waals surface area contributed by atoms with E-state index in [2.05, 4.69) is 11.6 Å². The molecular formula is C2H7Cl3Si. The van der Waals surface area contributed by atoms with Gasteiger partial charge in [-0.05, 0) is 0 Å². The van der Waals surface area contributed by atoms with Gasteiger partial charge in [-0.25, -0.2) is 0 Å². The van der Waals surface area contributed by atoms with Crippen LogP contribution < -0.4 is 0 Å². The Balaban J connectivity index is 0. The standard InChI is InChI=1S/CH4Cl2Si.CH3Cl/c2-1-4-3;1-2/h1,4H2;1H3. The lowest BCUT2D eigenvalue weighted by atomic mass is 11.9. The predicted octanol–water partition coefficient (Wildman–Crippen LogP) is 1.36. The molecule has 0 unspecified atom stereocenters. The molecule has 4 heteroatoms. The van der Waals surface area contributed by atoms with Crippen molar-refractivity contribution in [3.63, 3.8) is 0 Å². The van der Waals surface area contributed by atoms with Crippen LogP contribution in [0, 0.1) is 0 Å². The molecule has 0 heterocycles. The topological polar surface area (TPSA) is 0 Å². The maximum absolute atomic E-state index is 5.19. The van der Waals surface area contributed by atoms with Gasteiger partial charge in [0.15, 0.2) is 0 Å². The molecule has 0 radical (unpaired) electrons. The van der Waals surface area contributed by atoms with Gasteiger partial charge in [-0.15, -0.1) is 23.2 Å². The van der Waals surface area contributed by atoms with Crippen LogP contribution >= 0.6 is 34.3 Å². The Labute approximate surface area is 55.3 Å². The number of hydrogen-bond donors (Lipinski definition) is 0. The van der Waals surface area contributed by atoms with Crippen molar-refractivity contribution in [2.75, 3.05) is 11.9 Å². The molecule has 0 aromatic carbocycles. The molecule has 0 aliphatic rings. The minimum absolute atomic E-state index is 0.338. The van der Waals surface area contributed by atoms with E-state index >= 15 is 0 Å². The van der Waals surface area contributed by atoms with E-state index in [-0.39, 0.29) is 8.83 Å². The summed E-state index contributed by atoms with van der Waals surface area (Å²) in [6.45, 7) is 0. The zero-order valence-electron chi connectivity index (χ0n) is 3.55. The van der Waals surface area contributed by atoms with Gasteiger partial charge in [-0.2, -0.15) is 11.1 Å².